The number of anilines is 1. The normalized spacial score (nSPS) is 33.4. The highest BCUT2D eigenvalue weighted by Gasteiger charge is 2.50. The quantitative estimate of drug-likeness (QED) is 0.412. The summed E-state index contributed by atoms with van der Waals surface area (Å²) in [6, 6.07) is 8.37. The number of nitrogens with two attached hydrogens (primary N) is 1. The lowest BCUT2D eigenvalue weighted by atomic mass is 9.61. The molecule has 1 saturated carbocycles. The molecule has 1 aromatic heterocycles. The SMILES string of the molecule is CC12CC(O)C3=C(CC[C@@]4(O)CCC(O)CC4=C3)C1CC=C2c1ccc2c(N)nccc2c1.CNC. The third-order valence-electron chi connectivity index (χ3n) is 8.90. The Labute approximate surface area is 213 Å². The Balaban J connectivity index is 0.000000848. The van der Waals surface area contributed by atoms with Gasteiger partial charge in [-0.3, -0.25) is 0 Å². The summed E-state index contributed by atoms with van der Waals surface area (Å²) in [5.74, 6) is 0.858. The van der Waals surface area contributed by atoms with Crippen LogP contribution in [0.3, 0.4) is 0 Å². The molecule has 6 heteroatoms. The number of aromatic nitrogens is 1. The number of aliphatic hydroxyl groups excluding tert-OH is 2. The van der Waals surface area contributed by atoms with Gasteiger partial charge in [-0.1, -0.05) is 36.8 Å². The average molecular weight is 490 g/mol. The molecule has 36 heavy (non-hydrogen) atoms. The van der Waals surface area contributed by atoms with Crippen molar-refractivity contribution in [1.29, 1.82) is 0 Å². The maximum atomic E-state index is 11.4. The van der Waals surface area contributed by atoms with Crippen LogP contribution in [-0.4, -0.2) is 52.2 Å². The van der Waals surface area contributed by atoms with Crippen molar-refractivity contribution in [2.24, 2.45) is 11.3 Å². The first-order valence-corrected chi connectivity index (χ1v) is 13.2. The fourth-order valence-corrected chi connectivity index (χ4v) is 7.07. The Morgan fingerprint density at radius 3 is 2.69 bits per heavy atom. The minimum atomic E-state index is -0.853. The van der Waals surface area contributed by atoms with Crippen molar-refractivity contribution in [3.05, 3.63) is 64.9 Å². The highest BCUT2D eigenvalue weighted by atomic mass is 16.3. The van der Waals surface area contributed by atoms with Crippen molar-refractivity contribution in [2.75, 3.05) is 19.8 Å². The molecule has 0 spiro atoms. The van der Waals surface area contributed by atoms with E-state index in [0.29, 0.717) is 43.8 Å². The number of hydrogen-bond donors (Lipinski definition) is 5. The fourth-order valence-electron chi connectivity index (χ4n) is 7.07. The van der Waals surface area contributed by atoms with Crippen LogP contribution in [0.2, 0.25) is 0 Å². The molecule has 2 aromatic rings. The molecule has 5 atom stereocenters. The average Bonchev–Trinajstić information content (AvgIpc) is 3.09. The number of pyridine rings is 1. The van der Waals surface area contributed by atoms with E-state index >= 15 is 0 Å². The number of rotatable bonds is 1. The summed E-state index contributed by atoms with van der Waals surface area (Å²) >= 11 is 0. The zero-order chi connectivity index (χ0) is 25.7. The highest BCUT2D eigenvalue weighted by molar-refractivity contribution is 5.93. The van der Waals surface area contributed by atoms with Crippen molar-refractivity contribution >= 4 is 22.2 Å². The first-order valence-electron chi connectivity index (χ1n) is 13.2. The molecule has 4 aliphatic rings. The van der Waals surface area contributed by atoms with Crippen LogP contribution >= 0.6 is 0 Å². The Bertz CT molecular complexity index is 1270. The fraction of sp³-hybridized carbons (Fsp3) is 0.500. The second kappa shape index (κ2) is 9.42. The molecule has 1 fully saturated rings. The molecule has 1 aromatic carbocycles. The van der Waals surface area contributed by atoms with Crippen LogP contribution in [0.1, 0.15) is 57.4 Å². The number of nitrogen functional groups attached to an aromatic ring is 1. The van der Waals surface area contributed by atoms with E-state index < -0.39 is 17.8 Å². The molecule has 0 aliphatic heterocycles. The van der Waals surface area contributed by atoms with Crippen molar-refractivity contribution in [3.8, 4) is 0 Å². The summed E-state index contributed by atoms with van der Waals surface area (Å²) in [6.07, 6.45) is 9.95. The molecule has 0 radical (unpaired) electrons. The summed E-state index contributed by atoms with van der Waals surface area (Å²) in [5.41, 5.74) is 10.7. The van der Waals surface area contributed by atoms with E-state index in [4.69, 9.17) is 5.73 Å². The summed E-state index contributed by atoms with van der Waals surface area (Å²) in [5, 5.41) is 37.7. The number of allylic oxidation sites excluding steroid dienone is 3. The predicted molar refractivity (Wildman–Crippen MR) is 145 cm³/mol. The van der Waals surface area contributed by atoms with Crippen LogP contribution in [0, 0.1) is 11.3 Å². The number of fused-ring (bicyclic) bond motifs is 4. The van der Waals surface area contributed by atoms with Crippen LogP contribution in [0.25, 0.3) is 16.3 Å². The molecular weight excluding hydrogens is 450 g/mol. The molecule has 0 saturated heterocycles. The molecule has 6 N–H and O–H groups in total. The van der Waals surface area contributed by atoms with Crippen LogP contribution in [0.15, 0.2) is 59.3 Å². The molecule has 1 heterocycles. The number of nitrogens with zero attached hydrogens (tertiary/aromatic N) is 1. The number of aliphatic hydroxyl groups is 3. The van der Waals surface area contributed by atoms with E-state index in [0.717, 1.165) is 34.8 Å². The maximum Gasteiger partial charge on any atom is 0.131 e. The Hall–Kier alpha value is -2.51. The van der Waals surface area contributed by atoms with Crippen LogP contribution in [0.4, 0.5) is 5.82 Å². The number of hydrogen-bond acceptors (Lipinski definition) is 6. The van der Waals surface area contributed by atoms with Gasteiger partial charge < -0.3 is 26.4 Å². The van der Waals surface area contributed by atoms with E-state index in [1.54, 1.807) is 6.20 Å². The second-order valence-corrected chi connectivity index (χ2v) is 11.3. The van der Waals surface area contributed by atoms with Crippen molar-refractivity contribution < 1.29 is 15.3 Å². The van der Waals surface area contributed by atoms with Gasteiger partial charge in [-0.2, -0.15) is 0 Å². The summed E-state index contributed by atoms with van der Waals surface area (Å²) < 4.78 is 0. The van der Waals surface area contributed by atoms with E-state index in [2.05, 4.69) is 41.5 Å². The highest BCUT2D eigenvalue weighted by Crippen LogP contribution is 2.60. The third-order valence-corrected chi connectivity index (χ3v) is 8.90. The zero-order valence-electron chi connectivity index (χ0n) is 21.6. The summed E-state index contributed by atoms with van der Waals surface area (Å²) in [7, 11) is 3.75. The van der Waals surface area contributed by atoms with Crippen molar-refractivity contribution in [2.45, 2.75) is 69.7 Å². The first-order chi connectivity index (χ1) is 17.2. The monoisotopic (exact) mass is 489 g/mol. The lowest BCUT2D eigenvalue weighted by Gasteiger charge is -2.43. The third kappa shape index (κ3) is 4.10. The van der Waals surface area contributed by atoms with Crippen LogP contribution < -0.4 is 11.1 Å². The lowest BCUT2D eigenvalue weighted by molar-refractivity contribution is 0.00863. The van der Waals surface area contributed by atoms with Gasteiger partial charge in [-0.05, 0) is 105 Å². The number of nitrogens with one attached hydrogen (secondary N) is 1. The van der Waals surface area contributed by atoms with Gasteiger partial charge in [0, 0.05) is 17.0 Å². The molecule has 6 rings (SSSR count). The molecule has 4 aliphatic carbocycles. The van der Waals surface area contributed by atoms with Crippen LogP contribution in [0.5, 0.6) is 0 Å². The largest absolute Gasteiger partial charge is 0.393 e. The van der Waals surface area contributed by atoms with E-state index in [-0.39, 0.29) is 5.41 Å². The summed E-state index contributed by atoms with van der Waals surface area (Å²) in [4.78, 5) is 4.20. The smallest absolute Gasteiger partial charge is 0.131 e. The standard InChI is InChI=1S/C28H32N2O3.C2H7N/c1-27-15-25(32)22-14-18-13-19(31)6-9-28(18,33)10-7-21(22)24(27)5-4-23(27)17-2-3-20-16(12-17)8-11-30-26(20)29;1-3-2/h2-4,8,11-12,14,19,24-25,31-33H,5-7,9-10,13,15H2,1H3,(H2,29,30);3H,1-2H3/t19?,24?,25?,27?,28-;/m0./s1. The Morgan fingerprint density at radius 2 is 1.92 bits per heavy atom. The van der Waals surface area contributed by atoms with E-state index in [1.165, 1.54) is 16.7 Å². The molecular formula is C30H39N3O3. The Kier molecular flexibility index (Phi) is 6.58. The minimum Gasteiger partial charge on any atom is -0.393 e. The molecule has 4 unspecified atom stereocenters. The summed E-state index contributed by atoms with van der Waals surface area (Å²) in [6.45, 7) is 2.29. The van der Waals surface area contributed by atoms with Gasteiger partial charge in [0.15, 0.2) is 0 Å². The second-order valence-electron chi connectivity index (χ2n) is 11.3. The van der Waals surface area contributed by atoms with E-state index in [9.17, 15) is 15.3 Å². The first kappa shape index (κ1) is 25.2. The maximum absolute atomic E-state index is 11.4. The van der Waals surface area contributed by atoms with Gasteiger partial charge in [-0.15, -0.1) is 0 Å². The van der Waals surface area contributed by atoms with Gasteiger partial charge in [0.05, 0.1) is 17.8 Å². The topological polar surface area (TPSA) is 112 Å². The van der Waals surface area contributed by atoms with Gasteiger partial charge in [0.25, 0.3) is 0 Å². The molecule has 0 bridgehead atoms. The lowest BCUT2D eigenvalue weighted by Crippen LogP contribution is -2.38. The van der Waals surface area contributed by atoms with Crippen molar-refractivity contribution in [1.82, 2.24) is 10.3 Å². The Morgan fingerprint density at radius 1 is 1.14 bits per heavy atom. The zero-order valence-corrected chi connectivity index (χ0v) is 21.6. The molecule has 0 amide bonds. The van der Waals surface area contributed by atoms with Gasteiger partial charge >= 0.3 is 0 Å². The number of benzene rings is 1. The van der Waals surface area contributed by atoms with Crippen molar-refractivity contribution in [3.63, 3.8) is 0 Å². The van der Waals surface area contributed by atoms with Gasteiger partial charge in [0.2, 0.25) is 0 Å². The van der Waals surface area contributed by atoms with Gasteiger partial charge in [0.1, 0.15) is 5.82 Å². The predicted octanol–water partition coefficient (Wildman–Crippen LogP) is 4.12. The molecule has 192 valence electrons. The van der Waals surface area contributed by atoms with Gasteiger partial charge in [-0.25, -0.2) is 4.98 Å². The van der Waals surface area contributed by atoms with E-state index in [1.807, 2.05) is 26.2 Å². The van der Waals surface area contributed by atoms with Crippen LogP contribution in [-0.2, 0) is 0 Å². The molecule has 6 nitrogen and oxygen atoms in total. The minimum absolute atomic E-state index is 0.166.